The normalized spacial score (nSPS) is 6.25. The van der Waals surface area contributed by atoms with Gasteiger partial charge >= 0.3 is 0 Å². The highest BCUT2D eigenvalue weighted by atomic mass is 13.3. The van der Waals surface area contributed by atoms with E-state index in [9.17, 15) is 0 Å². The van der Waals surface area contributed by atoms with Gasteiger partial charge in [0.2, 0.25) is 0 Å². The smallest absolute Gasteiger partial charge is 0.0541 e. The van der Waals surface area contributed by atoms with Crippen LogP contribution < -0.4 is 0 Å². The van der Waals surface area contributed by atoms with Crippen molar-refractivity contribution in [3.63, 3.8) is 0 Å². The molecular formula is C2H5B2. The Kier molecular flexibility index (Phi) is 3.23. The molecule has 0 heterocycles. The number of hydrogen-bond acceptors (Lipinski definition) is 0. The molecule has 0 aromatic carbocycles. The molecule has 0 fully saturated rings. The molecular weight excluding hydrogens is 45.6 g/mol. The zero-order chi connectivity index (χ0) is 3.41. The van der Waals surface area contributed by atoms with E-state index in [4.69, 9.17) is 7.74 Å². The van der Waals surface area contributed by atoms with Crippen molar-refractivity contribution >= 4 is 14.9 Å². The highest BCUT2D eigenvalue weighted by Gasteiger charge is 1.60. The van der Waals surface area contributed by atoms with Gasteiger partial charge in [-0.2, -0.15) is 0 Å². The molecule has 3 radical (unpaired) electrons. The maximum absolute atomic E-state index is 4.90. The molecule has 0 rings (SSSR count). The molecule has 0 aliphatic carbocycles. The quantitative estimate of drug-likeness (QED) is 0.373. The molecule has 0 unspecified atom stereocenters. The van der Waals surface area contributed by atoms with Crippen LogP contribution in [0.5, 0.6) is 0 Å². The summed E-state index contributed by atoms with van der Waals surface area (Å²) in [5, 5.41) is 0. The Balaban J connectivity index is 1.97. The molecule has 2 heteroatoms. The van der Waals surface area contributed by atoms with Gasteiger partial charge in [-0.3, -0.25) is 0 Å². The molecule has 19 valence electrons. The number of rotatable bonds is 1. The Hall–Kier alpha value is 0.130. The van der Waals surface area contributed by atoms with E-state index in [-0.39, 0.29) is 0 Å². The molecule has 0 amide bonds. The Labute approximate surface area is 29.2 Å². The van der Waals surface area contributed by atoms with Crippen LogP contribution in [0, 0.1) is 0 Å². The first-order valence-electron chi connectivity index (χ1n) is 1.45. The lowest BCUT2D eigenvalue weighted by atomic mass is 9.54. The molecule has 0 saturated carbocycles. The van der Waals surface area contributed by atoms with Crippen molar-refractivity contribution in [3.8, 4) is 0 Å². The summed E-state index contributed by atoms with van der Waals surface area (Å²) in [6, 6.07) is 0. The lowest BCUT2D eigenvalue weighted by Crippen LogP contribution is -1.78. The predicted molar refractivity (Wildman–Crippen MR) is 22.0 cm³/mol. The minimum Gasteiger partial charge on any atom is -0.0923 e. The predicted octanol–water partition coefficient (Wildman–Crippen LogP) is 0.212. The van der Waals surface area contributed by atoms with Crippen LogP contribution in [-0.4, -0.2) is 14.9 Å². The topological polar surface area (TPSA) is 0 Å². The molecule has 0 aliphatic heterocycles. The van der Waals surface area contributed by atoms with Crippen LogP contribution in [0.4, 0.5) is 0 Å². The van der Waals surface area contributed by atoms with Crippen molar-refractivity contribution in [2.75, 3.05) is 0 Å². The van der Waals surface area contributed by atoms with Gasteiger partial charge in [0.15, 0.2) is 0 Å². The third-order valence-corrected chi connectivity index (χ3v) is 0.236. The van der Waals surface area contributed by atoms with E-state index >= 15 is 0 Å². The van der Waals surface area contributed by atoms with Crippen LogP contribution >= 0.6 is 0 Å². The van der Waals surface area contributed by atoms with Gasteiger partial charge in [0.25, 0.3) is 0 Å². The highest BCUT2D eigenvalue weighted by molar-refractivity contribution is 6.89. The van der Waals surface area contributed by atoms with Gasteiger partial charge < -0.3 is 0 Å². The fourth-order valence-electron chi connectivity index (χ4n) is 0. The minimum atomic E-state index is 0.972. The average Bonchev–Trinajstić information content (AvgIpc) is 1.37. The third-order valence-electron chi connectivity index (χ3n) is 0.236. The van der Waals surface area contributed by atoms with Crippen molar-refractivity contribution in [1.29, 1.82) is 0 Å². The van der Waals surface area contributed by atoms with Gasteiger partial charge in [0.1, 0.15) is 0 Å². The minimum absolute atomic E-state index is 0.972. The summed E-state index contributed by atoms with van der Waals surface area (Å²) in [5.41, 5.74) is 0. The summed E-state index contributed by atoms with van der Waals surface area (Å²) in [6.45, 7) is 2.00. The summed E-state index contributed by atoms with van der Waals surface area (Å²) in [4.78, 5) is 0. The van der Waals surface area contributed by atoms with Crippen molar-refractivity contribution in [2.24, 2.45) is 0 Å². The van der Waals surface area contributed by atoms with Gasteiger partial charge in [0, 0.05) is 7.74 Å². The molecule has 0 aromatic heterocycles. The van der Waals surface area contributed by atoms with Crippen molar-refractivity contribution < 1.29 is 0 Å². The molecule has 0 nitrogen and oxygen atoms in total. The van der Waals surface area contributed by atoms with E-state index in [1.807, 2.05) is 6.92 Å². The first-order chi connectivity index (χ1) is 1.91. The van der Waals surface area contributed by atoms with Crippen LogP contribution in [0.3, 0.4) is 0 Å². The largest absolute Gasteiger partial charge is 0.0923 e. The summed E-state index contributed by atoms with van der Waals surface area (Å²) in [7, 11) is 6.53. The van der Waals surface area contributed by atoms with Crippen LogP contribution in [-0.2, 0) is 0 Å². The third kappa shape index (κ3) is 2.13. The molecule has 4 heavy (non-hydrogen) atoms. The van der Waals surface area contributed by atoms with E-state index in [0.717, 1.165) is 6.32 Å². The zero-order valence-corrected chi connectivity index (χ0v) is 2.86. The Morgan fingerprint density at radius 1 is 2.00 bits per heavy atom. The van der Waals surface area contributed by atoms with E-state index < -0.39 is 0 Å². The van der Waals surface area contributed by atoms with Crippen molar-refractivity contribution in [3.05, 3.63) is 0 Å². The fraction of sp³-hybridized carbons (Fsp3) is 1.00. The molecule has 0 spiro atoms. The van der Waals surface area contributed by atoms with Crippen LogP contribution in [0.25, 0.3) is 0 Å². The molecule has 0 bridgehead atoms. The second-order valence-corrected chi connectivity index (χ2v) is 0.644. The van der Waals surface area contributed by atoms with Gasteiger partial charge in [-0.25, -0.2) is 0 Å². The van der Waals surface area contributed by atoms with Gasteiger partial charge in [-0.15, -0.1) is 0 Å². The maximum atomic E-state index is 4.90. The summed E-state index contributed by atoms with van der Waals surface area (Å²) in [5.74, 6) is 0. The summed E-state index contributed by atoms with van der Waals surface area (Å²) in [6.07, 6.45) is 0.972. The van der Waals surface area contributed by atoms with Crippen LogP contribution in [0.15, 0.2) is 0 Å². The first kappa shape index (κ1) is 4.13. The molecule has 0 saturated heterocycles. The van der Waals surface area contributed by atoms with E-state index in [0.29, 0.717) is 0 Å². The number of hydrogen-bond donors (Lipinski definition) is 0. The highest BCUT2D eigenvalue weighted by Crippen LogP contribution is 1.59. The maximum Gasteiger partial charge on any atom is 0.0541 e. The van der Waals surface area contributed by atoms with Crippen LogP contribution in [0.1, 0.15) is 6.92 Å². The first-order valence-corrected chi connectivity index (χ1v) is 1.45. The lowest BCUT2D eigenvalue weighted by Gasteiger charge is -1.64. The summed E-state index contributed by atoms with van der Waals surface area (Å²) >= 11 is 0. The fourth-order valence-corrected chi connectivity index (χ4v) is 0. The van der Waals surface area contributed by atoms with E-state index in [1.165, 1.54) is 0 Å². The zero-order valence-electron chi connectivity index (χ0n) is 2.86. The second-order valence-electron chi connectivity index (χ2n) is 0.644. The molecule has 0 atom stereocenters. The SMILES string of the molecule is [B][B]CC. The van der Waals surface area contributed by atoms with Gasteiger partial charge in [-0.05, 0) is 0 Å². The lowest BCUT2D eigenvalue weighted by molar-refractivity contribution is 1.47. The van der Waals surface area contributed by atoms with E-state index in [1.54, 1.807) is 7.17 Å². The molecule has 0 aliphatic rings. The second kappa shape index (κ2) is 3.13. The van der Waals surface area contributed by atoms with Crippen molar-refractivity contribution in [1.82, 2.24) is 0 Å². The monoisotopic (exact) mass is 51.1 g/mol. The van der Waals surface area contributed by atoms with E-state index in [2.05, 4.69) is 0 Å². The Morgan fingerprint density at radius 2 is 2.25 bits per heavy atom. The van der Waals surface area contributed by atoms with Gasteiger partial charge in [0.05, 0.1) is 7.17 Å². The van der Waals surface area contributed by atoms with Crippen LogP contribution in [0.2, 0.25) is 6.32 Å². The average molecular weight is 50.7 g/mol. The summed E-state index contributed by atoms with van der Waals surface area (Å²) < 4.78 is 0. The Bertz CT molecular complexity index is 6.00. The molecule has 0 N–H and O–H groups in total. The standard InChI is InChI=1S/C2H5B2/c1-2-4-3/h2H2,1H3. The molecule has 0 aromatic rings. The van der Waals surface area contributed by atoms with Gasteiger partial charge in [-0.1, -0.05) is 13.2 Å². The Morgan fingerprint density at radius 3 is 2.25 bits per heavy atom. The van der Waals surface area contributed by atoms with Crippen molar-refractivity contribution in [2.45, 2.75) is 13.2 Å².